The first-order valence-corrected chi connectivity index (χ1v) is 9.39. The molecule has 1 aliphatic rings. The normalized spacial score (nSPS) is 15.3. The van der Waals surface area contributed by atoms with E-state index in [1.165, 1.54) is 11.3 Å². The van der Waals surface area contributed by atoms with E-state index in [4.69, 9.17) is 19.4 Å². The molecule has 0 spiro atoms. The molecule has 1 aromatic carbocycles. The molecule has 0 saturated carbocycles. The van der Waals surface area contributed by atoms with Crippen molar-refractivity contribution in [1.29, 1.82) is 0 Å². The lowest BCUT2D eigenvalue weighted by Gasteiger charge is -2.22. The molecule has 3 heterocycles. The number of nitrogens with zero attached hydrogens (tertiary/aromatic N) is 3. The Hall–Kier alpha value is -2.60. The van der Waals surface area contributed by atoms with E-state index < -0.39 is 0 Å². The second-order valence-corrected chi connectivity index (χ2v) is 7.12. The van der Waals surface area contributed by atoms with Gasteiger partial charge in [0.15, 0.2) is 17.1 Å². The largest absolute Gasteiger partial charge is 0.493 e. The lowest BCUT2D eigenvalue weighted by atomic mass is 9.93. The maximum absolute atomic E-state index is 5.45. The molecule has 0 atom stereocenters. The summed E-state index contributed by atoms with van der Waals surface area (Å²) in [6.45, 7) is 4.25. The summed E-state index contributed by atoms with van der Waals surface area (Å²) in [6, 6.07) is 8.09. The van der Waals surface area contributed by atoms with Crippen LogP contribution in [0.2, 0.25) is 0 Å². The van der Waals surface area contributed by atoms with Gasteiger partial charge in [-0.25, -0.2) is 9.97 Å². The van der Waals surface area contributed by atoms with Crippen molar-refractivity contribution in [3.8, 4) is 22.9 Å². The summed E-state index contributed by atoms with van der Waals surface area (Å²) < 4.78 is 12.9. The molecule has 0 amide bonds. The van der Waals surface area contributed by atoms with E-state index >= 15 is 0 Å². The Morgan fingerprint density at radius 3 is 2.48 bits per heavy atom. The fraction of sp³-hybridized carbons (Fsp3) is 0.429. The molecule has 6 nitrogen and oxygen atoms in total. The van der Waals surface area contributed by atoms with Crippen LogP contribution in [-0.2, 0) is 7.05 Å². The molecule has 3 aromatic rings. The number of fused-ring (bicyclic) bond motifs is 1. The molecule has 0 aliphatic carbocycles. The number of ether oxygens (including phenoxy) is 2. The van der Waals surface area contributed by atoms with Crippen LogP contribution < -0.4 is 14.8 Å². The molecule has 0 radical (unpaired) electrons. The number of hydrogen-bond donors (Lipinski definition) is 1. The second kappa shape index (κ2) is 7.19. The van der Waals surface area contributed by atoms with E-state index in [-0.39, 0.29) is 0 Å². The third-order valence-corrected chi connectivity index (χ3v) is 5.44. The predicted octanol–water partition coefficient (Wildman–Crippen LogP) is 3.43. The van der Waals surface area contributed by atoms with Crippen LogP contribution in [0.1, 0.15) is 30.0 Å². The highest BCUT2D eigenvalue weighted by Gasteiger charge is 2.21. The van der Waals surface area contributed by atoms with Crippen LogP contribution in [0.25, 0.3) is 22.6 Å². The van der Waals surface area contributed by atoms with E-state index in [2.05, 4.69) is 22.9 Å². The molecule has 1 N–H and O–H groups in total. The standard InChI is InChI=1S/C21H26N4O2/c1-13-11-16(14-7-9-22-10-8-14)23-21-19(13)24-20(25(21)2)15-5-6-17(26-3)18(12-15)27-4/h5-6,11-12,14,22H,7-10H2,1-4H3. The molecule has 0 unspecified atom stereocenters. The van der Waals surface area contributed by atoms with Gasteiger partial charge in [0.05, 0.1) is 14.2 Å². The number of imidazole rings is 1. The first-order valence-electron chi connectivity index (χ1n) is 9.39. The number of hydrogen-bond acceptors (Lipinski definition) is 5. The molecule has 1 fully saturated rings. The fourth-order valence-electron chi connectivity index (χ4n) is 3.89. The molecule has 0 bridgehead atoms. The van der Waals surface area contributed by atoms with E-state index in [0.29, 0.717) is 17.4 Å². The minimum absolute atomic E-state index is 0.522. The number of aryl methyl sites for hydroxylation is 2. The number of benzene rings is 1. The van der Waals surface area contributed by atoms with Crippen LogP contribution in [-0.4, -0.2) is 41.8 Å². The quantitative estimate of drug-likeness (QED) is 0.767. The zero-order valence-corrected chi connectivity index (χ0v) is 16.4. The Balaban J connectivity index is 1.81. The van der Waals surface area contributed by atoms with Gasteiger partial charge in [0.1, 0.15) is 11.3 Å². The fourth-order valence-corrected chi connectivity index (χ4v) is 3.89. The topological polar surface area (TPSA) is 61.2 Å². The van der Waals surface area contributed by atoms with Gasteiger partial charge in [-0.15, -0.1) is 0 Å². The lowest BCUT2D eigenvalue weighted by molar-refractivity contribution is 0.355. The monoisotopic (exact) mass is 366 g/mol. The minimum Gasteiger partial charge on any atom is -0.493 e. The molecular weight excluding hydrogens is 340 g/mol. The van der Waals surface area contributed by atoms with Gasteiger partial charge in [-0.3, -0.25) is 0 Å². The SMILES string of the molecule is COc1ccc(-c2nc3c(C)cc(C4CCNCC4)nc3n2C)cc1OC. The zero-order valence-electron chi connectivity index (χ0n) is 16.4. The average molecular weight is 366 g/mol. The van der Waals surface area contributed by atoms with Crippen molar-refractivity contribution in [2.45, 2.75) is 25.7 Å². The molecule has 1 saturated heterocycles. The van der Waals surface area contributed by atoms with Gasteiger partial charge >= 0.3 is 0 Å². The number of nitrogens with one attached hydrogen (secondary N) is 1. The van der Waals surface area contributed by atoms with Gasteiger partial charge in [-0.2, -0.15) is 0 Å². The van der Waals surface area contributed by atoms with Crippen molar-refractivity contribution < 1.29 is 9.47 Å². The molecule has 6 heteroatoms. The van der Waals surface area contributed by atoms with E-state index in [1.54, 1.807) is 14.2 Å². The zero-order chi connectivity index (χ0) is 19.0. The summed E-state index contributed by atoms with van der Waals surface area (Å²) in [5.41, 5.74) is 5.24. The van der Waals surface area contributed by atoms with Crippen LogP contribution in [0.5, 0.6) is 11.5 Å². The second-order valence-electron chi connectivity index (χ2n) is 7.12. The van der Waals surface area contributed by atoms with Gasteiger partial charge < -0.3 is 19.4 Å². The van der Waals surface area contributed by atoms with Gasteiger partial charge in [-0.1, -0.05) is 0 Å². The molecule has 142 valence electrons. The summed E-state index contributed by atoms with van der Waals surface area (Å²) in [5, 5.41) is 3.43. The summed E-state index contributed by atoms with van der Waals surface area (Å²) in [4.78, 5) is 9.89. The van der Waals surface area contributed by atoms with Crippen LogP contribution >= 0.6 is 0 Å². The van der Waals surface area contributed by atoms with Gasteiger partial charge in [-0.05, 0) is 62.7 Å². The van der Waals surface area contributed by atoms with E-state index in [9.17, 15) is 0 Å². The molecule has 4 rings (SSSR count). The third kappa shape index (κ3) is 3.14. The minimum atomic E-state index is 0.522. The highest BCUT2D eigenvalue weighted by Crippen LogP contribution is 2.34. The summed E-state index contributed by atoms with van der Waals surface area (Å²) >= 11 is 0. The molecular formula is C21H26N4O2. The van der Waals surface area contributed by atoms with Crippen LogP contribution in [0.15, 0.2) is 24.3 Å². The summed E-state index contributed by atoms with van der Waals surface area (Å²) in [5.74, 6) is 2.81. The van der Waals surface area contributed by atoms with Crippen molar-refractivity contribution >= 4 is 11.2 Å². The van der Waals surface area contributed by atoms with Gasteiger partial charge in [0.2, 0.25) is 0 Å². The van der Waals surface area contributed by atoms with Crippen molar-refractivity contribution in [2.75, 3.05) is 27.3 Å². The lowest BCUT2D eigenvalue weighted by Crippen LogP contribution is -2.27. The third-order valence-electron chi connectivity index (χ3n) is 5.44. The maximum Gasteiger partial charge on any atom is 0.161 e. The Kier molecular flexibility index (Phi) is 4.74. The van der Waals surface area contributed by atoms with Crippen LogP contribution in [0, 0.1) is 6.92 Å². The van der Waals surface area contributed by atoms with Crippen LogP contribution in [0.3, 0.4) is 0 Å². The Bertz CT molecular complexity index is 974. The summed E-state index contributed by atoms with van der Waals surface area (Å²) in [6.07, 6.45) is 2.27. The molecule has 1 aliphatic heterocycles. The Morgan fingerprint density at radius 2 is 1.78 bits per heavy atom. The van der Waals surface area contributed by atoms with Crippen molar-refractivity contribution in [3.63, 3.8) is 0 Å². The Morgan fingerprint density at radius 1 is 1.04 bits per heavy atom. The average Bonchev–Trinajstić information content (AvgIpc) is 3.05. The highest BCUT2D eigenvalue weighted by atomic mass is 16.5. The molecule has 27 heavy (non-hydrogen) atoms. The number of rotatable bonds is 4. The molecule has 2 aromatic heterocycles. The highest BCUT2D eigenvalue weighted by molar-refractivity contribution is 5.80. The predicted molar refractivity (Wildman–Crippen MR) is 107 cm³/mol. The number of piperidine rings is 1. The smallest absolute Gasteiger partial charge is 0.161 e. The first kappa shape index (κ1) is 17.8. The van der Waals surface area contributed by atoms with Gasteiger partial charge in [0, 0.05) is 24.2 Å². The summed E-state index contributed by atoms with van der Waals surface area (Å²) in [7, 11) is 5.32. The van der Waals surface area contributed by atoms with Crippen molar-refractivity contribution in [3.05, 3.63) is 35.5 Å². The van der Waals surface area contributed by atoms with E-state index in [1.807, 2.05) is 25.2 Å². The van der Waals surface area contributed by atoms with Crippen molar-refractivity contribution in [1.82, 2.24) is 19.9 Å². The van der Waals surface area contributed by atoms with Crippen LogP contribution in [0.4, 0.5) is 0 Å². The van der Waals surface area contributed by atoms with Gasteiger partial charge in [0.25, 0.3) is 0 Å². The Labute approximate surface area is 159 Å². The maximum atomic E-state index is 5.45. The van der Waals surface area contributed by atoms with Crippen molar-refractivity contribution in [2.24, 2.45) is 7.05 Å². The number of pyridine rings is 1. The van der Waals surface area contributed by atoms with E-state index in [0.717, 1.165) is 48.5 Å². The number of aromatic nitrogens is 3. The number of methoxy groups -OCH3 is 2. The first-order chi connectivity index (χ1) is 13.1.